The molecule has 0 aliphatic carbocycles. The average molecular weight is 324 g/mol. The number of hydrogen-bond donors (Lipinski definition) is 1. The Kier molecular flexibility index (Phi) is 3.57. The topological polar surface area (TPSA) is 42.1 Å². The van der Waals surface area contributed by atoms with Crippen molar-refractivity contribution in [2.75, 3.05) is 0 Å². The van der Waals surface area contributed by atoms with E-state index in [9.17, 15) is 9.18 Å². The molecule has 1 aromatic heterocycles. The summed E-state index contributed by atoms with van der Waals surface area (Å²) in [6, 6.07) is 9.89. The third-order valence-electron chi connectivity index (χ3n) is 2.86. The fourth-order valence-electron chi connectivity index (χ4n) is 1.99. The Morgan fingerprint density at radius 2 is 1.76 bits per heavy atom. The van der Waals surface area contributed by atoms with Crippen LogP contribution in [0.3, 0.4) is 0 Å². The Morgan fingerprint density at radius 3 is 2.48 bits per heavy atom. The van der Waals surface area contributed by atoms with E-state index in [1.165, 1.54) is 30.3 Å². The van der Waals surface area contributed by atoms with E-state index in [1.807, 2.05) is 0 Å². The fraction of sp³-hybridized carbons (Fsp3) is 0. The fourth-order valence-corrected chi connectivity index (χ4v) is 2.58. The first-order valence-corrected chi connectivity index (χ1v) is 6.74. The second-order valence-electron chi connectivity index (χ2n) is 4.36. The number of hydrogen-bond acceptors (Lipinski definition) is 2. The number of rotatable bonds is 2. The van der Waals surface area contributed by atoms with Gasteiger partial charge in [-0.05, 0) is 36.4 Å². The molecule has 0 fully saturated rings. The molecule has 0 bridgehead atoms. The molecule has 0 amide bonds. The van der Waals surface area contributed by atoms with E-state index in [-0.39, 0.29) is 17.1 Å². The smallest absolute Gasteiger partial charge is 0.252 e. The predicted molar refractivity (Wildman–Crippen MR) is 81.1 cm³/mol. The summed E-state index contributed by atoms with van der Waals surface area (Å²) in [6.45, 7) is 0. The van der Waals surface area contributed by atoms with Crippen LogP contribution in [0.4, 0.5) is 4.39 Å². The number of ether oxygens (including phenoxy) is 1. The van der Waals surface area contributed by atoms with Crippen LogP contribution in [0, 0.1) is 5.82 Å². The number of halogens is 3. The monoisotopic (exact) mass is 323 g/mol. The summed E-state index contributed by atoms with van der Waals surface area (Å²) in [5, 5.41) is 1.29. The Morgan fingerprint density at radius 1 is 1.05 bits per heavy atom. The molecular formula is C15H8Cl2FNO2. The van der Waals surface area contributed by atoms with Gasteiger partial charge in [0.15, 0.2) is 0 Å². The molecule has 21 heavy (non-hydrogen) atoms. The molecular weight excluding hydrogens is 316 g/mol. The first kappa shape index (κ1) is 13.9. The largest absolute Gasteiger partial charge is 0.456 e. The van der Waals surface area contributed by atoms with E-state index in [0.717, 1.165) is 0 Å². The van der Waals surface area contributed by atoms with Crippen molar-refractivity contribution in [2.24, 2.45) is 0 Å². The summed E-state index contributed by atoms with van der Waals surface area (Å²) in [5.41, 5.74) is 0.120. The number of pyridine rings is 1. The maximum Gasteiger partial charge on any atom is 0.252 e. The minimum Gasteiger partial charge on any atom is -0.456 e. The number of nitrogens with one attached hydrogen (secondary N) is 1. The minimum atomic E-state index is -0.372. The predicted octanol–water partition coefficient (Wildman–Crippen LogP) is 4.77. The molecule has 0 saturated heterocycles. The van der Waals surface area contributed by atoms with Crippen molar-refractivity contribution in [3.05, 3.63) is 68.7 Å². The van der Waals surface area contributed by atoms with Crippen LogP contribution in [-0.2, 0) is 0 Å². The van der Waals surface area contributed by atoms with Crippen molar-refractivity contribution in [3.8, 4) is 11.5 Å². The van der Waals surface area contributed by atoms with Gasteiger partial charge < -0.3 is 9.72 Å². The molecule has 0 spiro atoms. The molecule has 3 nitrogen and oxygen atoms in total. The van der Waals surface area contributed by atoms with Crippen molar-refractivity contribution in [1.29, 1.82) is 0 Å². The maximum absolute atomic E-state index is 12.9. The van der Waals surface area contributed by atoms with Gasteiger partial charge in [-0.25, -0.2) is 4.39 Å². The first-order chi connectivity index (χ1) is 10.0. The summed E-state index contributed by atoms with van der Waals surface area (Å²) in [4.78, 5) is 14.3. The molecule has 0 saturated carbocycles. The molecule has 1 N–H and O–H groups in total. The van der Waals surface area contributed by atoms with Crippen molar-refractivity contribution >= 4 is 34.1 Å². The number of aromatic amines is 1. The van der Waals surface area contributed by atoms with Gasteiger partial charge in [-0.15, -0.1) is 0 Å². The second-order valence-corrected chi connectivity index (χ2v) is 5.21. The van der Waals surface area contributed by atoms with Crippen molar-refractivity contribution < 1.29 is 9.13 Å². The van der Waals surface area contributed by atoms with Crippen molar-refractivity contribution in [2.45, 2.75) is 0 Å². The quantitative estimate of drug-likeness (QED) is 0.738. The van der Waals surface area contributed by atoms with Crippen molar-refractivity contribution in [3.63, 3.8) is 0 Å². The van der Waals surface area contributed by atoms with Gasteiger partial charge in [-0.2, -0.15) is 0 Å². The van der Waals surface area contributed by atoms with Crippen LogP contribution < -0.4 is 10.3 Å². The lowest BCUT2D eigenvalue weighted by Gasteiger charge is -2.10. The van der Waals surface area contributed by atoms with Crippen LogP contribution in [-0.4, -0.2) is 4.98 Å². The minimum absolute atomic E-state index is 0.280. The lowest BCUT2D eigenvalue weighted by atomic mass is 10.2. The highest BCUT2D eigenvalue weighted by atomic mass is 35.5. The van der Waals surface area contributed by atoms with Gasteiger partial charge in [0.1, 0.15) is 17.3 Å². The molecule has 1 heterocycles. The molecule has 2 aromatic carbocycles. The summed E-state index contributed by atoms with van der Waals surface area (Å²) in [5.74, 6) is 0.305. The van der Waals surface area contributed by atoms with Gasteiger partial charge in [-0.1, -0.05) is 23.2 Å². The SMILES string of the molecule is O=c1cc(Oc2ccc(F)cc2)c2c(Cl)cc(Cl)cc2[nH]1. The standard InChI is InChI=1S/C15H8Cl2FNO2/c16-8-5-11(17)15-12(6-8)19-14(20)7-13(15)21-10-3-1-9(18)2-4-10/h1-7H,(H,19,20). The van der Waals surface area contributed by atoms with E-state index >= 15 is 0 Å². The summed E-state index contributed by atoms with van der Waals surface area (Å²) < 4.78 is 18.5. The third kappa shape index (κ3) is 2.86. The normalized spacial score (nSPS) is 10.8. The van der Waals surface area contributed by atoms with Crippen LogP contribution >= 0.6 is 23.2 Å². The average Bonchev–Trinajstić information content (AvgIpc) is 2.40. The third-order valence-corrected chi connectivity index (χ3v) is 3.38. The number of fused-ring (bicyclic) bond motifs is 1. The summed E-state index contributed by atoms with van der Waals surface area (Å²) >= 11 is 12.1. The van der Waals surface area contributed by atoms with Gasteiger partial charge in [-0.3, -0.25) is 4.79 Å². The molecule has 0 atom stereocenters. The van der Waals surface area contributed by atoms with Gasteiger partial charge in [0.05, 0.1) is 15.9 Å². The Labute approximate surface area is 128 Å². The highest BCUT2D eigenvalue weighted by Crippen LogP contribution is 2.34. The van der Waals surface area contributed by atoms with Gasteiger partial charge >= 0.3 is 0 Å². The Hall–Kier alpha value is -2.04. The first-order valence-electron chi connectivity index (χ1n) is 5.98. The van der Waals surface area contributed by atoms with E-state index in [4.69, 9.17) is 27.9 Å². The Bertz CT molecular complexity index is 875. The zero-order chi connectivity index (χ0) is 15.0. The van der Waals surface area contributed by atoms with E-state index in [2.05, 4.69) is 4.98 Å². The van der Waals surface area contributed by atoms with E-state index < -0.39 is 0 Å². The second kappa shape index (κ2) is 5.39. The zero-order valence-electron chi connectivity index (χ0n) is 10.5. The molecule has 106 valence electrons. The van der Waals surface area contributed by atoms with E-state index in [0.29, 0.717) is 26.7 Å². The van der Waals surface area contributed by atoms with Gasteiger partial charge in [0, 0.05) is 11.1 Å². The van der Waals surface area contributed by atoms with Crippen LogP contribution in [0.25, 0.3) is 10.9 Å². The molecule has 0 radical (unpaired) electrons. The molecule has 0 aliphatic heterocycles. The highest BCUT2D eigenvalue weighted by molar-refractivity contribution is 6.39. The molecule has 0 aliphatic rings. The summed E-state index contributed by atoms with van der Waals surface area (Å²) in [7, 11) is 0. The Balaban J connectivity index is 2.17. The van der Waals surface area contributed by atoms with Gasteiger partial charge in [0.2, 0.25) is 0 Å². The molecule has 0 unspecified atom stereocenters. The van der Waals surface area contributed by atoms with Crippen LogP contribution in [0.1, 0.15) is 0 Å². The maximum atomic E-state index is 12.9. The number of H-pyrrole nitrogens is 1. The molecule has 3 rings (SSSR count). The van der Waals surface area contributed by atoms with Crippen LogP contribution in [0.5, 0.6) is 11.5 Å². The van der Waals surface area contributed by atoms with Crippen molar-refractivity contribution in [1.82, 2.24) is 4.98 Å². The van der Waals surface area contributed by atoms with Gasteiger partial charge in [0.25, 0.3) is 5.56 Å². The lowest BCUT2D eigenvalue weighted by molar-refractivity contribution is 0.485. The van der Waals surface area contributed by atoms with Crippen LogP contribution in [0.15, 0.2) is 47.3 Å². The highest BCUT2D eigenvalue weighted by Gasteiger charge is 2.11. The summed E-state index contributed by atoms with van der Waals surface area (Å²) in [6.07, 6.45) is 0. The van der Waals surface area contributed by atoms with E-state index in [1.54, 1.807) is 12.1 Å². The molecule has 6 heteroatoms. The number of aromatic nitrogens is 1. The lowest BCUT2D eigenvalue weighted by Crippen LogP contribution is -2.05. The number of benzene rings is 2. The molecule has 3 aromatic rings. The van der Waals surface area contributed by atoms with Crippen LogP contribution in [0.2, 0.25) is 10.0 Å². The zero-order valence-corrected chi connectivity index (χ0v) is 12.0.